The van der Waals surface area contributed by atoms with Crippen LogP contribution in [0.1, 0.15) is 22.4 Å². The lowest BCUT2D eigenvalue weighted by atomic mass is 10.0. The molecule has 0 saturated carbocycles. The van der Waals surface area contributed by atoms with Crippen LogP contribution in [0.3, 0.4) is 0 Å². The molecule has 1 aromatic heterocycles. The number of hydrogen-bond donors (Lipinski definition) is 0. The average Bonchev–Trinajstić information content (AvgIpc) is 2.58. The maximum absolute atomic E-state index is 9.00. The molecule has 0 amide bonds. The van der Waals surface area contributed by atoms with Crippen LogP contribution < -0.4 is 0 Å². The van der Waals surface area contributed by atoms with Gasteiger partial charge in [0.25, 0.3) is 0 Å². The second-order valence-electron chi connectivity index (χ2n) is 3.88. The van der Waals surface area contributed by atoms with Crippen molar-refractivity contribution < 1.29 is 0 Å². The van der Waals surface area contributed by atoms with E-state index in [1.54, 1.807) is 4.68 Å². The topological polar surface area (TPSA) is 41.6 Å². The predicted molar refractivity (Wildman–Crippen MR) is 61.9 cm³/mol. The highest BCUT2D eigenvalue weighted by atomic mass is 15.2. The Morgan fingerprint density at radius 1 is 1.38 bits per heavy atom. The molecule has 0 fully saturated rings. The summed E-state index contributed by atoms with van der Waals surface area (Å²) in [4.78, 5) is 0. The van der Waals surface area contributed by atoms with Crippen LogP contribution in [0, 0.1) is 18.3 Å². The quantitative estimate of drug-likeness (QED) is 0.764. The van der Waals surface area contributed by atoms with E-state index in [2.05, 4.69) is 11.2 Å². The summed E-state index contributed by atoms with van der Waals surface area (Å²) in [5.74, 6) is 0. The minimum absolute atomic E-state index is 0.719. The van der Waals surface area contributed by atoms with E-state index in [9.17, 15) is 0 Å². The molecule has 0 aliphatic heterocycles. The van der Waals surface area contributed by atoms with Crippen LogP contribution in [-0.2, 0) is 13.5 Å². The Kier molecular flexibility index (Phi) is 2.74. The van der Waals surface area contributed by atoms with Gasteiger partial charge in [0, 0.05) is 19.7 Å². The van der Waals surface area contributed by atoms with E-state index in [1.807, 2.05) is 44.4 Å². The van der Waals surface area contributed by atoms with Crippen LogP contribution in [0.2, 0.25) is 0 Å². The zero-order chi connectivity index (χ0) is 11.5. The van der Waals surface area contributed by atoms with Gasteiger partial charge in [-0.2, -0.15) is 10.4 Å². The first kappa shape index (κ1) is 10.4. The third-order valence-corrected chi connectivity index (χ3v) is 2.61. The van der Waals surface area contributed by atoms with Gasteiger partial charge in [0.05, 0.1) is 17.3 Å². The van der Waals surface area contributed by atoms with Crippen LogP contribution in [-0.4, -0.2) is 9.78 Å². The Labute approximate surface area is 94.9 Å². The van der Waals surface area contributed by atoms with Gasteiger partial charge in [-0.15, -0.1) is 0 Å². The summed E-state index contributed by atoms with van der Waals surface area (Å²) in [7, 11) is 1.91. The van der Waals surface area contributed by atoms with E-state index in [-0.39, 0.29) is 0 Å². The minimum Gasteiger partial charge on any atom is -0.275 e. The van der Waals surface area contributed by atoms with Crippen molar-refractivity contribution in [1.29, 1.82) is 5.26 Å². The van der Waals surface area contributed by atoms with Crippen molar-refractivity contribution in [1.82, 2.24) is 9.78 Å². The largest absolute Gasteiger partial charge is 0.275 e. The molecule has 0 bridgehead atoms. The number of aryl methyl sites for hydroxylation is 2. The van der Waals surface area contributed by atoms with Gasteiger partial charge in [0.1, 0.15) is 0 Å². The summed E-state index contributed by atoms with van der Waals surface area (Å²) in [5, 5.41) is 13.4. The third-order valence-electron chi connectivity index (χ3n) is 2.61. The van der Waals surface area contributed by atoms with Crippen LogP contribution >= 0.6 is 0 Å². The number of nitriles is 1. The zero-order valence-electron chi connectivity index (χ0n) is 9.44. The highest BCUT2D eigenvalue weighted by molar-refractivity contribution is 5.40. The van der Waals surface area contributed by atoms with Gasteiger partial charge in [-0.25, -0.2) is 0 Å². The maximum atomic E-state index is 9.00. The van der Waals surface area contributed by atoms with Gasteiger partial charge in [-0.3, -0.25) is 4.68 Å². The van der Waals surface area contributed by atoms with Crippen molar-refractivity contribution in [2.45, 2.75) is 13.3 Å². The Morgan fingerprint density at radius 3 is 2.75 bits per heavy atom. The van der Waals surface area contributed by atoms with Crippen LogP contribution in [0.5, 0.6) is 0 Å². The predicted octanol–water partition coefficient (Wildman–Crippen LogP) is 2.19. The maximum Gasteiger partial charge on any atom is 0.0994 e. The van der Waals surface area contributed by atoms with Crippen molar-refractivity contribution >= 4 is 0 Å². The first-order valence-electron chi connectivity index (χ1n) is 5.18. The van der Waals surface area contributed by atoms with E-state index in [0.717, 1.165) is 28.8 Å². The fourth-order valence-electron chi connectivity index (χ4n) is 1.79. The second-order valence-corrected chi connectivity index (χ2v) is 3.88. The summed E-state index contributed by atoms with van der Waals surface area (Å²) in [6.45, 7) is 2.04. The number of nitrogens with zero attached hydrogens (tertiary/aromatic N) is 3. The first-order valence-corrected chi connectivity index (χ1v) is 5.18. The molecule has 0 unspecified atom stereocenters. The summed E-state index contributed by atoms with van der Waals surface area (Å²) in [6.07, 6.45) is 2.71. The third kappa shape index (κ3) is 1.96. The van der Waals surface area contributed by atoms with Crippen LogP contribution in [0.4, 0.5) is 0 Å². The van der Waals surface area contributed by atoms with E-state index >= 15 is 0 Å². The fourth-order valence-corrected chi connectivity index (χ4v) is 1.79. The average molecular weight is 211 g/mol. The molecule has 16 heavy (non-hydrogen) atoms. The number of rotatable bonds is 2. The summed E-state index contributed by atoms with van der Waals surface area (Å²) in [5.41, 5.74) is 3.96. The number of hydrogen-bond acceptors (Lipinski definition) is 2. The van der Waals surface area contributed by atoms with E-state index in [1.165, 1.54) is 0 Å². The molecule has 2 rings (SSSR count). The fraction of sp³-hybridized carbons (Fsp3) is 0.231. The Morgan fingerprint density at radius 2 is 2.12 bits per heavy atom. The lowest BCUT2D eigenvalue weighted by molar-refractivity contribution is 0.749. The molecule has 0 spiro atoms. The normalized spacial score (nSPS) is 10.1. The summed E-state index contributed by atoms with van der Waals surface area (Å²) < 4.78 is 1.81. The molecule has 0 atom stereocenters. The molecule has 0 aliphatic carbocycles. The second kappa shape index (κ2) is 4.19. The van der Waals surface area contributed by atoms with Gasteiger partial charge in [0.2, 0.25) is 0 Å². The highest BCUT2D eigenvalue weighted by Gasteiger charge is 2.07. The van der Waals surface area contributed by atoms with Gasteiger partial charge in [0.15, 0.2) is 0 Å². The van der Waals surface area contributed by atoms with Gasteiger partial charge < -0.3 is 0 Å². The van der Waals surface area contributed by atoms with Crippen molar-refractivity contribution in [3.8, 4) is 6.07 Å². The monoisotopic (exact) mass is 211 g/mol. The summed E-state index contributed by atoms with van der Waals surface area (Å²) in [6, 6.07) is 9.86. The summed E-state index contributed by atoms with van der Waals surface area (Å²) >= 11 is 0. The van der Waals surface area contributed by atoms with E-state index < -0.39 is 0 Å². The molecule has 3 nitrogen and oxygen atoms in total. The molecule has 3 heteroatoms. The molecule has 1 aromatic carbocycles. The minimum atomic E-state index is 0.719. The highest BCUT2D eigenvalue weighted by Crippen LogP contribution is 2.14. The van der Waals surface area contributed by atoms with Crippen LogP contribution in [0.15, 0.2) is 30.5 Å². The Hall–Kier alpha value is -2.08. The molecular formula is C13H13N3. The number of aromatic nitrogens is 2. The number of benzene rings is 1. The molecule has 1 heterocycles. The van der Waals surface area contributed by atoms with E-state index in [4.69, 9.17) is 5.26 Å². The first-order chi connectivity index (χ1) is 7.70. The van der Waals surface area contributed by atoms with Gasteiger partial charge >= 0.3 is 0 Å². The standard InChI is InChI=1S/C13H13N3/c1-10-9-16(2)15-13(10)7-11-5-3-4-6-12(11)8-14/h3-6,9H,7H2,1-2H3. The SMILES string of the molecule is Cc1cn(C)nc1Cc1ccccc1C#N. The van der Waals surface area contributed by atoms with Crippen molar-refractivity contribution in [3.63, 3.8) is 0 Å². The smallest absolute Gasteiger partial charge is 0.0994 e. The Balaban J connectivity index is 2.34. The molecule has 0 aliphatic rings. The lowest BCUT2D eigenvalue weighted by Gasteiger charge is -2.01. The molecular weight excluding hydrogens is 198 g/mol. The van der Waals surface area contributed by atoms with E-state index in [0.29, 0.717) is 0 Å². The molecule has 80 valence electrons. The van der Waals surface area contributed by atoms with Crippen molar-refractivity contribution in [2.75, 3.05) is 0 Å². The van der Waals surface area contributed by atoms with Crippen molar-refractivity contribution in [2.24, 2.45) is 7.05 Å². The molecule has 2 aromatic rings. The molecule has 0 saturated heterocycles. The zero-order valence-corrected chi connectivity index (χ0v) is 9.44. The Bertz CT molecular complexity index is 547. The van der Waals surface area contributed by atoms with Crippen LogP contribution in [0.25, 0.3) is 0 Å². The van der Waals surface area contributed by atoms with Crippen molar-refractivity contribution in [3.05, 3.63) is 52.8 Å². The lowest BCUT2D eigenvalue weighted by Crippen LogP contribution is -1.96. The van der Waals surface area contributed by atoms with Gasteiger partial charge in [-0.1, -0.05) is 18.2 Å². The molecule has 0 N–H and O–H groups in total. The molecule has 0 radical (unpaired) electrons. The van der Waals surface area contributed by atoms with Gasteiger partial charge in [-0.05, 0) is 24.1 Å².